The van der Waals surface area contributed by atoms with Gasteiger partial charge in [-0.2, -0.15) is 0 Å². The molecule has 24 heavy (non-hydrogen) atoms. The van der Waals surface area contributed by atoms with E-state index in [1.54, 1.807) is 7.11 Å². The molecule has 1 aromatic rings. The van der Waals surface area contributed by atoms with Gasteiger partial charge in [0.1, 0.15) is 5.75 Å². The van der Waals surface area contributed by atoms with Crippen molar-refractivity contribution in [2.45, 2.75) is 26.3 Å². The van der Waals surface area contributed by atoms with E-state index in [2.05, 4.69) is 33.5 Å². The zero-order chi connectivity index (χ0) is 16.5. The smallest absolute Gasteiger partial charge is 0.191 e. The highest BCUT2D eigenvalue weighted by Crippen LogP contribution is 2.15. The van der Waals surface area contributed by atoms with Gasteiger partial charge in [-0.3, -0.25) is 4.99 Å². The Morgan fingerprint density at radius 2 is 2.04 bits per heavy atom. The quantitative estimate of drug-likeness (QED) is 0.401. The highest BCUT2D eigenvalue weighted by Gasteiger charge is 2.14. The molecular weight excluding hydrogens is 415 g/mol. The number of likely N-dealkylation sites (tertiary alicyclic amines) is 1. The van der Waals surface area contributed by atoms with Crippen molar-refractivity contribution in [1.82, 2.24) is 15.5 Å². The topological polar surface area (TPSA) is 48.9 Å². The van der Waals surface area contributed by atoms with Gasteiger partial charge in [-0.05, 0) is 49.5 Å². The van der Waals surface area contributed by atoms with Crippen LogP contribution in [0.15, 0.2) is 29.3 Å². The van der Waals surface area contributed by atoms with Crippen molar-refractivity contribution >= 4 is 29.9 Å². The fourth-order valence-electron chi connectivity index (χ4n) is 2.81. The van der Waals surface area contributed by atoms with E-state index in [-0.39, 0.29) is 24.0 Å². The Hall–Kier alpha value is -1.02. The molecule has 0 unspecified atom stereocenters. The molecule has 0 saturated carbocycles. The number of piperidine rings is 1. The first-order valence-corrected chi connectivity index (χ1v) is 8.51. The van der Waals surface area contributed by atoms with Crippen LogP contribution in [-0.2, 0) is 6.54 Å². The molecule has 1 aromatic carbocycles. The van der Waals surface area contributed by atoms with Crippen molar-refractivity contribution in [3.8, 4) is 5.75 Å². The minimum absolute atomic E-state index is 0. The summed E-state index contributed by atoms with van der Waals surface area (Å²) >= 11 is 0. The molecule has 0 aromatic heterocycles. The van der Waals surface area contributed by atoms with E-state index < -0.39 is 0 Å². The van der Waals surface area contributed by atoms with E-state index >= 15 is 0 Å². The number of hydrogen-bond donors (Lipinski definition) is 2. The summed E-state index contributed by atoms with van der Waals surface area (Å²) in [5, 5.41) is 6.74. The van der Waals surface area contributed by atoms with Gasteiger partial charge in [0.15, 0.2) is 5.96 Å². The Kier molecular flexibility index (Phi) is 10.1. The molecular formula is C18H31IN4O. The first-order valence-electron chi connectivity index (χ1n) is 8.51. The molecule has 136 valence electrons. The minimum atomic E-state index is 0. The minimum Gasteiger partial charge on any atom is -0.497 e. The number of ether oxygens (including phenoxy) is 1. The fraction of sp³-hybridized carbons (Fsp3) is 0.611. The van der Waals surface area contributed by atoms with Crippen LogP contribution in [0, 0.1) is 5.92 Å². The fourth-order valence-corrected chi connectivity index (χ4v) is 2.81. The van der Waals surface area contributed by atoms with Gasteiger partial charge >= 0.3 is 0 Å². The third kappa shape index (κ3) is 7.25. The van der Waals surface area contributed by atoms with Crippen LogP contribution in [-0.4, -0.2) is 51.2 Å². The Morgan fingerprint density at radius 3 is 2.71 bits per heavy atom. The van der Waals surface area contributed by atoms with Gasteiger partial charge in [-0.25, -0.2) is 0 Å². The predicted octanol–water partition coefficient (Wildman–Crippen LogP) is 2.71. The van der Waals surface area contributed by atoms with Gasteiger partial charge in [-0.15, -0.1) is 24.0 Å². The lowest BCUT2D eigenvalue weighted by molar-refractivity contribution is 0.195. The van der Waals surface area contributed by atoms with Gasteiger partial charge in [-0.1, -0.05) is 19.1 Å². The molecule has 0 bridgehead atoms. The van der Waals surface area contributed by atoms with Gasteiger partial charge in [0.05, 0.1) is 7.11 Å². The zero-order valence-corrected chi connectivity index (χ0v) is 17.4. The molecule has 5 nitrogen and oxygen atoms in total. The molecule has 1 fully saturated rings. The average Bonchev–Trinajstić information content (AvgIpc) is 2.59. The summed E-state index contributed by atoms with van der Waals surface area (Å²) in [6, 6.07) is 8.08. The Balaban J connectivity index is 0.00000288. The van der Waals surface area contributed by atoms with Crippen LogP contribution in [0.2, 0.25) is 0 Å². The first kappa shape index (κ1) is 21.0. The summed E-state index contributed by atoms with van der Waals surface area (Å²) in [6.45, 7) is 7.52. The number of halogens is 1. The molecule has 6 heteroatoms. The number of hydrogen-bond acceptors (Lipinski definition) is 3. The van der Waals surface area contributed by atoms with Crippen molar-refractivity contribution in [2.75, 3.05) is 40.3 Å². The lowest BCUT2D eigenvalue weighted by Crippen LogP contribution is -2.43. The summed E-state index contributed by atoms with van der Waals surface area (Å²) < 4.78 is 5.25. The molecule has 1 aliphatic heterocycles. The van der Waals surface area contributed by atoms with Crippen molar-refractivity contribution < 1.29 is 4.74 Å². The van der Waals surface area contributed by atoms with Gasteiger partial charge in [0, 0.05) is 26.7 Å². The maximum Gasteiger partial charge on any atom is 0.191 e. The summed E-state index contributed by atoms with van der Waals surface area (Å²) in [5.41, 5.74) is 1.18. The van der Waals surface area contributed by atoms with Gasteiger partial charge < -0.3 is 20.3 Å². The van der Waals surface area contributed by atoms with Crippen molar-refractivity contribution in [3.05, 3.63) is 29.8 Å². The van der Waals surface area contributed by atoms with E-state index in [0.717, 1.165) is 37.3 Å². The summed E-state index contributed by atoms with van der Waals surface area (Å²) in [4.78, 5) is 6.82. The zero-order valence-electron chi connectivity index (χ0n) is 15.0. The second-order valence-corrected chi connectivity index (χ2v) is 6.23. The number of aliphatic imine (C=N–C) groups is 1. The Labute approximate surface area is 163 Å². The summed E-state index contributed by atoms with van der Waals surface area (Å²) in [5.74, 6) is 2.61. The molecule has 2 rings (SSSR count). The third-order valence-corrected chi connectivity index (χ3v) is 4.41. The normalized spacial score (nSPS) is 16.4. The largest absolute Gasteiger partial charge is 0.497 e. The van der Waals surface area contributed by atoms with Crippen LogP contribution in [0.25, 0.3) is 0 Å². The molecule has 0 radical (unpaired) electrons. The SMILES string of the molecule is CN=C(NCCN1CCC(C)CC1)NCc1cccc(OC)c1.I. The highest BCUT2D eigenvalue weighted by molar-refractivity contribution is 14.0. The molecule has 1 saturated heterocycles. The number of guanidine groups is 1. The lowest BCUT2D eigenvalue weighted by Gasteiger charge is -2.30. The van der Waals surface area contributed by atoms with Crippen molar-refractivity contribution in [2.24, 2.45) is 10.9 Å². The van der Waals surface area contributed by atoms with Gasteiger partial charge in [0.2, 0.25) is 0 Å². The van der Waals surface area contributed by atoms with E-state index in [9.17, 15) is 0 Å². The Morgan fingerprint density at radius 1 is 1.29 bits per heavy atom. The molecule has 0 spiro atoms. The molecule has 2 N–H and O–H groups in total. The number of nitrogens with zero attached hydrogens (tertiary/aromatic N) is 2. The number of benzene rings is 1. The number of rotatable bonds is 6. The molecule has 0 aliphatic carbocycles. The van der Waals surface area contributed by atoms with E-state index in [0.29, 0.717) is 0 Å². The second-order valence-electron chi connectivity index (χ2n) is 6.23. The van der Waals surface area contributed by atoms with E-state index in [4.69, 9.17) is 4.74 Å². The molecule has 0 amide bonds. The van der Waals surface area contributed by atoms with Crippen LogP contribution in [0.4, 0.5) is 0 Å². The number of nitrogens with one attached hydrogen (secondary N) is 2. The summed E-state index contributed by atoms with van der Waals surface area (Å²) in [6.07, 6.45) is 2.64. The molecule has 0 atom stereocenters. The van der Waals surface area contributed by atoms with Crippen LogP contribution in [0.3, 0.4) is 0 Å². The van der Waals surface area contributed by atoms with E-state index in [1.807, 2.05) is 25.2 Å². The van der Waals surface area contributed by atoms with Crippen LogP contribution < -0.4 is 15.4 Å². The predicted molar refractivity (Wildman–Crippen MR) is 111 cm³/mol. The summed E-state index contributed by atoms with van der Waals surface area (Å²) in [7, 11) is 3.50. The number of methoxy groups -OCH3 is 1. The van der Waals surface area contributed by atoms with Crippen LogP contribution in [0.1, 0.15) is 25.3 Å². The maximum absolute atomic E-state index is 5.25. The first-order chi connectivity index (χ1) is 11.2. The monoisotopic (exact) mass is 446 g/mol. The van der Waals surface area contributed by atoms with Crippen molar-refractivity contribution in [1.29, 1.82) is 0 Å². The van der Waals surface area contributed by atoms with Crippen LogP contribution in [0.5, 0.6) is 5.75 Å². The average molecular weight is 446 g/mol. The second kappa shape index (κ2) is 11.5. The molecule has 1 heterocycles. The standard InChI is InChI=1S/C18H30N4O.HI/c1-15-7-10-22(11-8-15)12-9-20-18(19-2)21-14-16-5-4-6-17(13-16)23-3;/h4-6,13,15H,7-12,14H2,1-3H3,(H2,19,20,21);1H. The van der Waals surface area contributed by atoms with E-state index in [1.165, 1.54) is 31.5 Å². The lowest BCUT2D eigenvalue weighted by atomic mass is 9.99. The third-order valence-electron chi connectivity index (χ3n) is 4.41. The Bertz CT molecular complexity index is 502. The van der Waals surface area contributed by atoms with Crippen molar-refractivity contribution in [3.63, 3.8) is 0 Å². The highest BCUT2D eigenvalue weighted by atomic mass is 127. The maximum atomic E-state index is 5.25. The molecule has 1 aliphatic rings. The van der Waals surface area contributed by atoms with Crippen LogP contribution >= 0.6 is 24.0 Å². The van der Waals surface area contributed by atoms with Gasteiger partial charge in [0.25, 0.3) is 0 Å².